The zero-order chi connectivity index (χ0) is 9.42. The molecule has 5 nitrogen and oxygen atoms in total. The molecule has 0 aromatic carbocycles. The van der Waals surface area contributed by atoms with Crippen LogP contribution in [0.15, 0.2) is 12.5 Å². The Morgan fingerprint density at radius 3 is 2.67 bits per heavy atom. The van der Waals surface area contributed by atoms with Crippen LogP contribution in [0.5, 0.6) is 0 Å². The van der Waals surface area contributed by atoms with Crippen molar-refractivity contribution in [3.8, 4) is 0 Å². The van der Waals surface area contributed by atoms with Gasteiger partial charge in [-0.2, -0.15) is 0 Å². The molecule has 1 N–H and O–H groups in total. The molecule has 0 radical (unpaired) electrons. The molecule has 0 saturated heterocycles. The molecule has 0 amide bonds. The molecule has 0 unspecified atom stereocenters. The Bertz CT molecular complexity index is 481. The van der Waals surface area contributed by atoms with Crippen LogP contribution >= 0.6 is 0 Å². The van der Waals surface area contributed by atoms with Crippen molar-refractivity contribution in [3.05, 3.63) is 23.8 Å². The van der Waals surface area contributed by atoms with Gasteiger partial charge in [-0.05, 0) is 6.20 Å². The van der Waals surface area contributed by atoms with Crippen molar-refractivity contribution in [3.63, 3.8) is 0 Å². The normalized spacial score (nSPS) is 9.20. The molecule has 0 saturated carbocycles. The van der Waals surface area contributed by atoms with Gasteiger partial charge in [0.05, 0.1) is 5.65 Å². The van der Waals surface area contributed by atoms with Crippen LogP contribution in [0.1, 0.15) is 11.3 Å². The predicted molar refractivity (Wildman–Crippen MR) is 50.0 cm³/mol. The minimum absolute atomic E-state index is 0. The van der Waals surface area contributed by atoms with Crippen molar-refractivity contribution in [2.75, 3.05) is 0 Å². The number of nitrogens with zero attached hydrogens (tertiary/aromatic N) is 3. The average molecular weight is 230 g/mol. The molecule has 6 heteroatoms. The molecule has 2 heterocycles. The summed E-state index contributed by atoms with van der Waals surface area (Å²) in [6, 6.07) is 0. The van der Waals surface area contributed by atoms with E-state index in [0.29, 0.717) is 5.69 Å². The summed E-state index contributed by atoms with van der Waals surface area (Å²) in [5.74, 6) is 0. The maximum atomic E-state index is 10.6. The fraction of sp³-hybridized carbons (Fsp3) is 0.222. The summed E-state index contributed by atoms with van der Waals surface area (Å²) in [5.41, 5.74) is 2.10. The summed E-state index contributed by atoms with van der Waals surface area (Å²) in [6.07, 6.45) is 5.10. The first-order valence-corrected chi connectivity index (χ1v) is 3.89. The van der Waals surface area contributed by atoms with E-state index >= 15 is 0 Å². The number of fused-ring (bicyclic) bond motifs is 1. The van der Waals surface area contributed by atoms with E-state index in [4.69, 9.17) is 0 Å². The van der Waals surface area contributed by atoms with E-state index in [1.807, 2.05) is 31.0 Å². The van der Waals surface area contributed by atoms with Crippen LogP contribution in [0.4, 0.5) is 0 Å². The van der Waals surface area contributed by atoms with Gasteiger partial charge in [0.25, 0.3) is 0 Å². The summed E-state index contributed by atoms with van der Waals surface area (Å²) in [6.45, 7) is 1.92. The Morgan fingerprint density at radius 2 is 2.07 bits per heavy atom. The summed E-state index contributed by atoms with van der Waals surface area (Å²) in [5, 5.41) is 0.792. The van der Waals surface area contributed by atoms with Crippen LogP contribution in [0, 0.1) is 6.92 Å². The molecular formula is C9H9KN3O2-. The van der Waals surface area contributed by atoms with Crippen molar-refractivity contribution >= 4 is 17.3 Å². The van der Waals surface area contributed by atoms with Crippen LogP contribution in [-0.4, -0.2) is 26.3 Å². The Balaban J connectivity index is 0.000000980. The second-order valence-electron chi connectivity index (χ2n) is 2.95. The molecule has 2 rings (SSSR count). The van der Waals surface area contributed by atoms with Crippen LogP contribution < -0.4 is 51.4 Å². The molecule has 74 valence electrons. The maximum Gasteiger partial charge on any atom is 1.00 e. The van der Waals surface area contributed by atoms with E-state index in [1.165, 1.54) is 6.33 Å². The standard InChI is InChI=1S/C9H8N3O.K.H2O/c1-6-3-12(2)9-8(6)7(4-13)10-5-11-9;;/h3,5H,1-2H3;;1H2/q-1;+1;/p-1. The fourth-order valence-corrected chi connectivity index (χ4v) is 1.50. The maximum absolute atomic E-state index is 10.6. The van der Waals surface area contributed by atoms with Gasteiger partial charge in [0.2, 0.25) is 0 Å². The number of aromatic nitrogens is 3. The second-order valence-corrected chi connectivity index (χ2v) is 2.95. The van der Waals surface area contributed by atoms with E-state index in [2.05, 4.69) is 9.97 Å². The van der Waals surface area contributed by atoms with Gasteiger partial charge in [0, 0.05) is 13.3 Å². The zero-order valence-corrected chi connectivity index (χ0v) is 12.0. The second kappa shape index (κ2) is 5.83. The van der Waals surface area contributed by atoms with Gasteiger partial charge in [0.1, 0.15) is 6.33 Å². The van der Waals surface area contributed by atoms with Crippen LogP contribution in [-0.2, 0) is 11.8 Å². The van der Waals surface area contributed by atoms with Gasteiger partial charge in [-0.1, -0.05) is 12.6 Å². The van der Waals surface area contributed by atoms with Gasteiger partial charge < -0.3 is 14.8 Å². The van der Waals surface area contributed by atoms with Crippen molar-refractivity contribution in [1.29, 1.82) is 0 Å². The molecule has 0 aliphatic rings. The van der Waals surface area contributed by atoms with E-state index in [-0.39, 0.29) is 56.9 Å². The first-order chi connectivity index (χ1) is 6.24. The fourth-order valence-electron chi connectivity index (χ4n) is 1.50. The molecule has 0 fully saturated rings. The van der Waals surface area contributed by atoms with Gasteiger partial charge in [-0.25, -0.2) is 4.98 Å². The Hall–Kier alpha value is -0.114. The number of carbonyl (C=O) groups excluding carboxylic acids is 1. The van der Waals surface area contributed by atoms with Gasteiger partial charge in [-0.3, -0.25) is 4.98 Å². The summed E-state index contributed by atoms with van der Waals surface area (Å²) >= 11 is 0. The van der Waals surface area contributed by atoms with Crippen molar-refractivity contribution in [2.24, 2.45) is 7.05 Å². The predicted octanol–water partition coefficient (Wildman–Crippen LogP) is -2.44. The molecule has 2 aromatic rings. The SMILES string of the molecule is Cc1cn(C)c2ncnc([C-]=O)c12.[K+].[OH-]. The summed E-state index contributed by atoms with van der Waals surface area (Å²) in [4.78, 5) is 18.5. The Kier molecular flexibility index (Phi) is 5.79. The van der Waals surface area contributed by atoms with E-state index in [9.17, 15) is 4.79 Å². The quantitative estimate of drug-likeness (QED) is 0.403. The third-order valence-electron chi connectivity index (χ3n) is 2.04. The van der Waals surface area contributed by atoms with Crippen molar-refractivity contribution in [1.82, 2.24) is 14.5 Å². The van der Waals surface area contributed by atoms with Gasteiger partial charge in [-0.15, -0.1) is 10.9 Å². The van der Waals surface area contributed by atoms with Crippen LogP contribution in [0.2, 0.25) is 0 Å². The molecular weight excluding hydrogens is 221 g/mol. The monoisotopic (exact) mass is 230 g/mol. The minimum atomic E-state index is 0. The molecule has 0 aliphatic carbocycles. The van der Waals surface area contributed by atoms with Gasteiger partial charge >= 0.3 is 51.4 Å². The van der Waals surface area contributed by atoms with Gasteiger partial charge in [0.15, 0.2) is 0 Å². The minimum Gasteiger partial charge on any atom is -0.870 e. The summed E-state index contributed by atoms with van der Waals surface area (Å²) < 4.78 is 1.87. The number of hydrogen-bond donors (Lipinski definition) is 0. The smallest absolute Gasteiger partial charge is 0.870 e. The largest absolute Gasteiger partial charge is 1.00 e. The molecule has 0 spiro atoms. The molecule has 0 aliphatic heterocycles. The number of hydrogen-bond acceptors (Lipinski definition) is 4. The van der Waals surface area contributed by atoms with E-state index in [1.54, 1.807) is 0 Å². The number of aryl methyl sites for hydroxylation is 2. The van der Waals surface area contributed by atoms with Crippen molar-refractivity contribution < 1.29 is 61.7 Å². The topological polar surface area (TPSA) is 77.8 Å². The molecule has 0 atom stereocenters. The summed E-state index contributed by atoms with van der Waals surface area (Å²) in [7, 11) is 1.89. The van der Waals surface area contributed by atoms with Crippen LogP contribution in [0.3, 0.4) is 0 Å². The number of rotatable bonds is 1. The third kappa shape index (κ3) is 2.52. The Morgan fingerprint density at radius 1 is 1.40 bits per heavy atom. The Labute approximate surface area is 130 Å². The molecule has 2 aromatic heterocycles. The molecule has 15 heavy (non-hydrogen) atoms. The van der Waals surface area contributed by atoms with E-state index < -0.39 is 0 Å². The first kappa shape index (κ1) is 14.9. The van der Waals surface area contributed by atoms with E-state index in [0.717, 1.165) is 16.6 Å². The third-order valence-corrected chi connectivity index (χ3v) is 2.04. The molecule has 0 bridgehead atoms. The van der Waals surface area contributed by atoms with Crippen molar-refractivity contribution in [2.45, 2.75) is 6.92 Å². The average Bonchev–Trinajstić information content (AvgIpc) is 2.43. The first-order valence-electron chi connectivity index (χ1n) is 3.89. The zero-order valence-electron chi connectivity index (χ0n) is 8.85. The van der Waals surface area contributed by atoms with Crippen LogP contribution in [0.25, 0.3) is 11.0 Å².